The Morgan fingerprint density at radius 2 is 1.42 bits per heavy atom. The van der Waals surface area contributed by atoms with Gasteiger partial charge in [-0.3, -0.25) is 0 Å². The third kappa shape index (κ3) is 5.46. The highest BCUT2D eigenvalue weighted by Gasteiger charge is 2.32. The number of rotatable bonds is 8. The van der Waals surface area contributed by atoms with Gasteiger partial charge in [-0.15, -0.1) is 0 Å². The summed E-state index contributed by atoms with van der Waals surface area (Å²) >= 11 is 0. The Labute approximate surface area is 225 Å². The summed E-state index contributed by atoms with van der Waals surface area (Å²) in [5, 5.41) is -0.00694. The first kappa shape index (κ1) is 27.1. The zero-order valence-corrected chi connectivity index (χ0v) is 22.9. The van der Waals surface area contributed by atoms with E-state index in [2.05, 4.69) is 13.0 Å². The molecule has 4 heteroatoms. The fourth-order valence-electron chi connectivity index (χ4n) is 7.27. The van der Waals surface area contributed by atoms with Gasteiger partial charge in [-0.25, -0.2) is 13.2 Å². The van der Waals surface area contributed by atoms with Crippen molar-refractivity contribution in [2.75, 3.05) is 6.61 Å². The zero-order chi connectivity index (χ0) is 26.6. The van der Waals surface area contributed by atoms with Crippen LogP contribution >= 0.6 is 0 Å². The minimum absolute atomic E-state index is 0.0577. The number of hydrogen-bond acceptors (Lipinski definition) is 1. The van der Waals surface area contributed by atoms with Gasteiger partial charge in [0.1, 0.15) is 0 Å². The van der Waals surface area contributed by atoms with Crippen LogP contribution < -0.4 is 4.74 Å². The minimum Gasteiger partial charge on any atom is -0.491 e. The SMILES string of the molecule is CCCC[C@H]1CC[C@H]([C@H]2CC[C@H](c3ccccc3-c3cc4ccc(OCC)c(F)c4c(F)c3F)CC2)CC1. The molecule has 0 heterocycles. The number of hydrogen-bond donors (Lipinski definition) is 0. The van der Waals surface area contributed by atoms with E-state index in [0.29, 0.717) is 11.3 Å². The molecule has 0 bridgehead atoms. The van der Waals surface area contributed by atoms with Crippen molar-refractivity contribution in [2.45, 2.75) is 90.4 Å². The molecule has 2 saturated carbocycles. The lowest BCUT2D eigenvalue weighted by Gasteiger charge is -2.38. The quantitative estimate of drug-likeness (QED) is 0.286. The van der Waals surface area contributed by atoms with E-state index >= 15 is 8.78 Å². The third-order valence-electron chi connectivity index (χ3n) is 9.37. The van der Waals surface area contributed by atoms with Gasteiger partial charge in [0.05, 0.1) is 12.0 Å². The van der Waals surface area contributed by atoms with Crippen molar-refractivity contribution in [3.63, 3.8) is 0 Å². The molecule has 1 nitrogen and oxygen atoms in total. The van der Waals surface area contributed by atoms with E-state index in [9.17, 15) is 4.39 Å². The van der Waals surface area contributed by atoms with Crippen molar-refractivity contribution < 1.29 is 17.9 Å². The van der Waals surface area contributed by atoms with Crippen molar-refractivity contribution in [1.82, 2.24) is 0 Å². The number of benzene rings is 3. The molecule has 5 rings (SSSR count). The van der Waals surface area contributed by atoms with Gasteiger partial charge in [-0.05, 0) is 97.8 Å². The van der Waals surface area contributed by atoms with E-state index in [-0.39, 0.29) is 23.3 Å². The minimum atomic E-state index is -1.15. The molecule has 0 saturated heterocycles. The molecule has 3 aromatic rings. The van der Waals surface area contributed by atoms with Crippen LogP contribution in [0.4, 0.5) is 13.2 Å². The molecule has 0 N–H and O–H groups in total. The van der Waals surface area contributed by atoms with E-state index in [1.54, 1.807) is 19.1 Å². The molecule has 2 fully saturated rings. The normalized spacial score (nSPS) is 24.0. The Morgan fingerprint density at radius 1 is 0.737 bits per heavy atom. The summed E-state index contributed by atoms with van der Waals surface area (Å²) in [6.07, 6.45) is 14.2. The van der Waals surface area contributed by atoms with E-state index in [0.717, 1.165) is 41.7 Å². The highest BCUT2D eigenvalue weighted by molar-refractivity contribution is 5.90. The first-order chi connectivity index (χ1) is 18.5. The third-order valence-corrected chi connectivity index (χ3v) is 9.37. The van der Waals surface area contributed by atoms with Crippen LogP contribution in [0.5, 0.6) is 5.75 Å². The molecule has 38 heavy (non-hydrogen) atoms. The molecule has 0 amide bonds. The van der Waals surface area contributed by atoms with Gasteiger partial charge in [-0.1, -0.05) is 69.4 Å². The summed E-state index contributed by atoms with van der Waals surface area (Å²) < 4.78 is 51.0. The zero-order valence-electron chi connectivity index (χ0n) is 22.9. The predicted octanol–water partition coefficient (Wildman–Crippen LogP) is 10.6. The van der Waals surface area contributed by atoms with Crippen LogP contribution in [0.2, 0.25) is 0 Å². The molecule has 2 aliphatic carbocycles. The first-order valence-corrected chi connectivity index (χ1v) is 14.8. The number of fused-ring (bicyclic) bond motifs is 1. The number of ether oxygens (including phenoxy) is 1. The molecule has 0 aromatic heterocycles. The smallest absolute Gasteiger partial charge is 0.175 e. The molecule has 204 valence electrons. The molecule has 0 atom stereocenters. The van der Waals surface area contributed by atoms with Crippen LogP contribution in [0, 0.1) is 35.2 Å². The Morgan fingerprint density at radius 3 is 2.11 bits per heavy atom. The van der Waals surface area contributed by atoms with Crippen molar-refractivity contribution in [1.29, 1.82) is 0 Å². The fraction of sp³-hybridized carbons (Fsp3) is 0.529. The van der Waals surface area contributed by atoms with Gasteiger partial charge in [0.15, 0.2) is 23.2 Å². The van der Waals surface area contributed by atoms with Crippen LogP contribution in [0.1, 0.15) is 96.0 Å². The molecule has 0 unspecified atom stereocenters. The van der Waals surface area contributed by atoms with Crippen LogP contribution in [0.15, 0.2) is 42.5 Å². The van der Waals surface area contributed by atoms with Gasteiger partial charge in [0, 0.05) is 5.56 Å². The maximum absolute atomic E-state index is 15.5. The second kappa shape index (κ2) is 12.1. The Kier molecular flexibility index (Phi) is 8.65. The summed E-state index contributed by atoms with van der Waals surface area (Å²) in [5.74, 6) is -0.133. The number of halogens is 3. The Bertz CT molecular complexity index is 1240. The summed E-state index contributed by atoms with van der Waals surface area (Å²) in [6, 6.07) is 12.5. The molecule has 0 aliphatic heterocycles. The summed E-state index contributed by atoms with van der Waals surface area (Å²) in [4.78, 5) is 0. The fourth-order valence-corrected chi connectivity index (χ4v) is 7.27. The summed E-state index contributed by atoms with van der Waals surface area (Å²) in [6.45, 7) is 4.26. The van der Waals surface area contributed by atoms with Gasteiger partial charge >= 0.3 is 0 Å². The molecule has 2 aliphatic rings. The summed E-state index contributed by atoms with van der Waals surface area (Å²) in [7, 11) is 0. The predicted molar refractivity (Wildman–Crippen MR) is 150 cm³/mol. The van der Waals surface area contributed by atoms with E-state index in [1.807, 2.05) is 18.2 Å². The highest BCUT2D eigenvalue weighted by Crippen LogP contribution is 2.47. The lowest BCUT2D eigenvalue weighted by Crippen LogP contribution is -2.25. The lowest BCUT2D eigenvalue weighted by atomic mass is 9.67. The monoisotopic (exact) mass is 522 g/mol. The molecule has 3 aromatic carbocycles. The van der Waals surface area contributed by atoms with Gasteiger partial charge in [0.25, 0.3) is 0 Å². The lowest BCUT2D eigenvalue weighted by molar-refractivity contribution is 0.156. The summed E-state index contributed by atoms with van der Waals surface area (Å²) in [5.41, 5.74) is 2.01. The second-order valence-electron chi connectivity index (χ2n) is 11.6. The molecule has 0 spiro atoms. The standard InChI is InChI=1S/C34H41F3O/c1-3-5-8-22-11-13-23(14-12-22)24-15-17-25(18-16-24)27-9-6-7-10-28(27)29-21-26-19-20-30(38-4-2)33(36)31(26)34(37)32(29)35/h6-7,9-10,19-25H,3-5,8,11-18H2,1-2H3/t22-,23-,24-,25-. The topological polar surface area (TPSA) is 9.23 Å². The molecular weight excluding hydrogens is 481 g/mol. The van der Waals surface area contributed by atoms with E-state index in [1.165, 1.54) is 63.9 Å². The molecular formula is C34H41F3O. The van der Waals surface area contributed by atoms with Crippen LogP contribution in [0.25, 0.3) is 21.9 Å². The van der Waals surface area contributed by atoms with Crippen molar-refractivity contribution in [3.05, 3.63) is 65.5 Å². The van der Waals surface area contributed by atoms with Crippen molar-refractivity contribution in [3.8, 4) is 16.9 Å². The van der Waals surface area contributed by atoms with Gasteiger partial charge in [0.2, 0.25) is 0 Å². The van der Waals surface area contributed by atoms with E-state index < -0.39 is 17.5 Å². The van der Waals surface area contributed by atoms with Crippen molar-refractivity contribution >= 4 is 10.8 Å². The van der Waals surface area contributed by atoms with Crippen LogP contribution in [0.3, 0.4) is 0 Å². The first-order valence-electron chi connectivity index (χ1n) is 14.8. The van der Waals surface area contributed by atoms with Crippen LogP contribution in [-0.4, -0.2) is 6.61 Å². The highest BCUT2D eigenvalue weighted by atomic mass is 19.2. The average Bonchev–Trinajstić information content (AvgIpc) is 2.95. The maximum Gasteiger partial charge on any atom is 0.175 e. The largest absolute Gasteiger partial charge is 0.491 e. The van der Waals surface area contributed by atoms with E-state index in [4.69, 9.17) is 4.74 Å². The average molecular weight is 523 g/mol. The van der Waals surface area contributed by atoms with Gasteiger partial charge in [-0.2, -0.15) is 0 Å². The van der Waals surface area contributed by atoms with Gasteiger partial charge < -0.3 is 4.74 Å². The maximum atomic E-state index is 15.5. The number of unbranched alkanes of at least 4 members (excludes halogenated alkanes) is 1. The second-order valence-corrected chi connectivity index (χ2v) is 11.6. The Balaban J connectivity index is 1.34. The Hall–Kier alpha value is -2.49. The molecule has 0 radical (unpaired) electrons. The van der Waals surface area contributed by atoms with Crippen molar-refractivity contribution in [2.24, 2.45) is 17.8 Å². The van der Waals surface area contributed by atoms with Crippen LogP contribution in [-0.2, 0) is 0 Å².